The summed E-state index contributed by atoms with van der Waals surface area (Å²) in [6.07, 6.45) is 8.58. The van der Waals surface area contributed by atoms with E-state index in [2.05, 4.69) is 49.1 Å². The van der Waals surface area contributed by atoms with E-state index in [1.54, 1.807) is 0 Å². The van der Waals surface area contributed by atoms with Crippen molar-refractivity contribution in [1.29, 1.82) is 0 Å². The van der Waals surface area contributed by atoms with E-state index >= 15 is 0 Å². The van der Waals surface area contributed by atoms with Crippen molar-refractivity contribution in [1.82, 2.24) is 4.90 Å². The fourth-order valence-electron chi connectivity index (χ4n) is 4.84. The quantitative estimate of drug-likeness (QED) is 0.852. The Kier molecular flexibility index (Phi) is 5.99. The van der Waals surface area contributed by atoms with Crippen LogP contribution >= 0.6 is 0 Å². The summed E-state index contributed by atoms with van der Waals surface area (Å²) >= 11 is 0. The van der Waals surface area contributed by atoms with Gasteiger partial charge in [-0.25, -0.2) is 0 Å². The van der Waals surface area contributed by atoms with Crippen LogP contribution in [0.2, 0.25) is 0 Å². The summed E-state index contributed by atoms with van der Waals surface area (Å²) in [6.45, 7) is 8.21. The van der Waals surface area contributed by atoms with E-state index in [9.17, 15) is 5.11 Å². The number of hydrogen-bond acceptors (Lipinski definition) is 2. The van der Waals surface area contributed by atoms with E-state index in [0.29, 0.717) is 17.3 Å². The predicted octanol–water partition coefficient (Wildman–Crippen LogP) is 4.62. The molecule has 2 nitrogen and oxygen atoms in total. The van der Waals surface area contributed by atoms with Gasteiger partial charge in [0, 0.05) is 13.1 Å². The second-order valence-corrected chi connectivity index (χ2v) is 8.49. The number of aliphatic hydroxyl groups excluding tert-OH is 1. The summed E-state index contributed by atoms with van der Waals surface area (Å²) in [5.41, 5.74) is 1.78. The molecule has 0 aromatic heterocycles. The van der Waals surface area contributed by atoms with Crippen LogP contribution in [0.1, 0.15) is 64.4 Å². The van der Waals surface area contributed by atoms with Gasteiger partial charge in [0.05, 0.1) is 6.10 Å². The summed E-state index contributed by atoms with van der Waals surface area (Å²) in [7, 11) is 0. The molecule has 134 valence electrons. The average Bonchev–Trinajstić information content (AvgIpc) is 2.64. The monoisotopic (exact) mass is 329 g/mol. The van der Waals surface area contributed by atoms with E-state index in [4.69, 9.17) is 0 Å². The van der Waals surface area contributed by atoms with Gasteiger partial charge in [-0.3, -0.25) is 0 Å². The van der Waals surface area contributed by atoms with Crippen LogP contribution in [0.25, 0.3) is 0 Å². The van der Waals surface area contributed by atoms with Crippen LogP contribution in [0, 0.1) is 11.8 Å². The standard InChI is InChI=1S/C22H35NO/c1-18-17-23(15-13-21(24)19-9-5-3-6-10-19)16-14-22(18,2)20-11-7-4-8-12-20/h4,7-8,11-12,18-19,21,24H,3,5-6,9-10,13-17H2,1-2H3/t18-,21-,22+/m0/s1. The molecule has 24 heavy (non-hydrogen) atoms. The number of aliphatic hydroxyl groups is 1. The SMILES string of the molecule is C[C@H]1CN(CC[C@H](O)C2CCCCC2)CC[C@@]1(C)c1ccccc1. The third kappa shape index (κ3) is 4.03. The molecule has 1 aliphatic carbocycles. The van der Waals surface area contributed by atoms with Crippen LogP contribution in [0.4, 0.5) is 0 Å². The molecule has 2 aliphatic rings. The van der Waals surface area contributed by atoms with Crippen molar-refractivity contribution in [3.05, 3.63) is 35.9 Å². The predicted molar refractivity (Wildman–Crippen MR) is 101 cm³/mol. The molecule has 1 heterocycles. The summed E-state index contributed by atoms with van der Waals surface area (Å²) in [4.78, 5) is 2.58. The van der Waals surface area contributed by atoms with Gasteiger partial charge in [0.25, 0.3) is 0 Å². The fraction of sp³-hybridized carbons (Fsp3) is 0.727. The van der Waals surface area contributed by atoms with Crippen molar-refractivity contribution in [3.8, 4) is 0 Å². The number of likely N-dealkylation sites (tertiary alicyclic amines) is 1. The largest absolute Gasteiger partial charge is 0.393 e. The maximum atomic E-state index is 10.5. The Labute approximate surface area is 148 Å². The topological polar surface area (TPSA) is 23.5 Å². The molecule has 0 spiro atoms. The van der Waals surface area contributed by atoms with Gasteiger partial charge in [0.1, 0.15) is 0 Å². The molecule has 1 aliphatic heterocycles. The van der Waals surface area contributed by atoms with Crippen molar-refractivity contribution >= 4 is 0 Å². The lowest BCUT2D eigenvalue weighted by Gasteiger charge is -2.45. The Bertz CT molecular complexity index is 496. The van der Waals surface area contributed by atoms with Crippen LogP contribution in [-0.2, 0) is 5.41 Å². The van der Waals surface area contributed by atoms with Crippen LogP contribution < -0.4 is 0 Å². The first-order valence-electron chi connectivity index (χ1n) is 10.1. The normalized spacial score (nSPS) is 31.0. The van der Waals surface area contributed by atoms with Crippen LogP contribution in [-0.4, -0.2) is 35.7 Å². The molecule has 0 bridgehead atoms. The average molecular weight is 330 g/mol. The molecule has 0 radical (unpaired) electrons. The van der Waals surface area contributed by atoms with Crippen molar-refractivity contribution in [2.45, 2.75) is 70.3 Å². The molecule has 2 heteroatoms. The molecule has 3 rings (SSSR count). The van der Waals surface area contributed by atoms with E-state index in [1.807, 2.05) is 0 Å². The lowest BCUT2D eigenvalue weighted by molar-refractivity contribution is 0.0502. The number of rotatable bonds is 5. The van der Waals surface area contributed by atoms with Crippen molar-refractivity contribution < 1.29 is 5.11 Å². The number of benzene rings is 1. The second-order valence-electron chi connectivity index (χ2n) is 8.49. The molecule has 2 fully saturated rings. The van der Waals surface area contributed by atoms with Gasteiger partial charge in [0.2, 0.25) is 0 Å². The lowest BCUT2D eigenvalue weighted by atomic mass is 9.68. The van der Waals surface area contributed by atoms with Crippen molar-refractivity contribution in [2.24, 2.45) is 11.8 Å². The van der Waals surface area contributed by atoms with Gasteiger partial charge < -0.3 is 10.0 Å². The maximum Gasteiger partial charge on any atom is 0.0580 e. The summed E-state index contributed by atoms with van der Waals surface area (Å²) in [5.74, 6) is 1.22. The molecular formula is C22H35NO. The Hall–Kier alpha value is -0.860. The fourth-order valence-corrected chi connectivity index (χ4v) is 4.84. The second kappa shape index (κ2) is 8.01. The zero-order valence-corrected chi connectivity index (χ0v) is 15.6. The number of hydrogen-bond donors (Lipinski definition) is 1. The van der Waals surface area contributed by atoms with E-state index in [0.717, 1.165) is 26.1 Å². The van der Waals surface area contributed by atoms with Gasteiger partial charge in [-0.1, -0.05) is 63.4 Å². The molecule has 1 saturated carbocycles. The first-order valence-corrected chi connectivity index (χ1v) is 10.1. The van der Waals surface area contributed by atoms with Crippen LogP contribution in [0.5, 0.6) is 0 Å². The lowest BCUT2D eigenvalue weighted by Crippen LogP contribution is -2.48. The molecule has 3 atom stereocenters. The molecule has 0 amide bonds. The third-order valence-corrected chi connectivity index (χ3v) is 6.94. The molecular weight excluding hydrogens is 294 g/mol. The van der Waals surface area contributed by atoms with Gasteiger partial charge in [-0.05, 0) is 55.0 Å². The van der Waals surface area contributed by atoms with Crippen LogP contribution in [0.15, 0.2) is 30.3 Å². The third-order valence-electron chi connectivity index (χ3n) is 6.94. The first-order chi connectivity index (χ1) is 11.6. The Morgan fingerprint density at radius 2 is 1.88 bits per heavy atom. The van der Waals surface area contributed by atoms with Gasteiger partial charge in [-0.15, -0.1) is 0 Å². The smallest absolute Gasteiger partial charge is 0.0580 e. The number of piperidine rings is 1. The highest BCUT2D eigenvalue weighted by Gasteiger charge is 2.37. The highest BCUT2D eigenvalue weighted by atomic mass is 16.3. The highest BCUT2D eigenvalue weighted by Crippen LogP contribution is 2.39. The Morgan fingerprint density at radius 1 is 1.17 bits per heavy atom. The molecule has 1 saturated heterocycles. The minimum atomic E-state index is -0.0805. The molecule has 1 N–H and O–H groups in total. The zero-order chi connectivity index (χ0) is 17.0. The number of nitrogens with zero attached hydrogens (tertiary/aromatic N) is 1. The van der Waals surface area contributed by atoms with E-state index in [-0.39, 0.29) is 6.10 Å². The zero-order valence-electron chi connectivity index (χ0n) is 15.6. The van der Waals surface area contributed by atoms with E-state index in [1.165, 1.54) is 44.1 Å². The van der Waals surface area contributed by atoms with E-state index < -0.39 is 0 Å². The summed E-state index contributed by atoms with van der Waals surface area (Å²) < 4.78 is 0. The van der Waals surface area contributed by atoms with Crippen LogP contribution in [0.3, 0.4) is 0 Å². The summed E-state index contributed by atoms with van der Waals surface area (Å²) in [6, 6.07) is 11.0. The molecule has 1 aromatic rings. The highest BCUT2D eigenvalue weighted by molar-refractivity contribution is 5.26. The Morgan fingerprint density at radius 3 is 2.54 bits per heavy atom. The minimum Gasteiger partial charge on any atom is -0.393 e. The Balaban J connectivity index is 1.50. The summed E-state index contributed by atoms with van der Waals surface area (Å²) in [5, 5.41) is 10.5. The van der Waals surface area contributed by atoms with Crippen molar-refractivity contribution in [2.75, 3.05) is 19.6 Å². The van der Waals surface area contributed by atoms with Gasteiger partial charge in [0.15, 0.2) is 0 Å². The first kappa shape index (κ1) is 17.9. The van der Waals surface area contributed by atoms with Gasteiger partial charge >= 0.3 is 0 Å². The molecule has 1 aromatic carbocycles. The van der Waals surface area contributed by atoms with Gasteiger partial charge in [-0.2, -0.15) is 0 Å². The van der Waals surface area contributed by atoms with Crippen molar-refractivity contribution in [3.63, 3.8) is 0 Å². The minimum absolute atomic E-state index is 0.0805. The maximum absolute atomic E-state index is 10.5. The molecule has 0 unspecified atom stereocenters.